The predicted octanol–water partition coefficient (Wildman–Crippen LogP) is 8.44. The van der Waals surface area contributed by atoms with E-state index in [-0.39, 0.29) is 0 Å². The molecule has 0 aromatic heterocycles. The zero-order chi connectivity index (χ0) is 20.1. The van der Waals surface area contributed by atoms with Gasteiger partial charge in [0.15, 0.2) is 0 Å². The molecule has 8 atom stereocenters. The summed E-state index contributed by atoms with van der Waals surface area (Å²) in [5.41, 5.74) is 2.79. The number of allylic oxidation sites excluding steroid dienone is 4. The maximum atomic E-state index is 2.72. The number of hydrogen-bond acceptors (Lipinski definition) is 0. The van der Waals surface area contributed by atoms with E-state index >= 15 is 0 Å². The van der Waals surface area contributed by atoms with Crippen LogP contribution in [0.1, 0.15) is 99.3 Å². The molecule has 0 amide bonds. The van der Waals surface area contributed by atoms with Crippen molar-refractivity contribution in [3.05, 3.63) is 23.8 Å². The Balaban J connectivity index is 1.49. The van der Waals surface area contributed by atoms with Crippen LogP contribution in [0.25, 0.3) is 0 Å². The van der Waals surface area contributed by atoms with E-state index < -0.39 is 0 Å². The molecule has 0 unspecified atom stereocenters. The van der Waals surface area contributed by atoms with Gasteiger partial charge in [-0.25, -0.2) is 0 Å². The first-order valence-electron chi connectivity index (χ1n) is 12.6. The highest BCUT2D eigenvalue weighted by Gasteiger charge is 2.58. The van der Waals surface area contributed by atoms with Gasteiger partial charge in [0.1, 0.15) is 0 Å². The van der Waals surface area contributed by atoms with Gasteiger partial charge in [0.05, 0.1) is 0 Å². The second kappa shape index (κ2) is 7.63. The third kappa shape index (κ3) is 3.26. The molecule has 0 saturated heterocycles. The molecule has 0 spiro atoms. The number of fused-ring (bicyclic) bond motifs is 5. The van der Waals surface area contributed by atoms with Gasteiger partial charge in [0.2, 0.25) is 0 Å². The molecule has 0 heterocycles. The van der Waals surface area contributed by atoms with Gasteiger partial charge in [-0.05, 0) is 103 Å². The third-order valence-corrected chi connectivity index (χ3v) is 10.6. The van der Waals surface area contributed by atoms with Crippen molar-refractivity contribution >= 4 is 0 Å². The molecule has 4 rings (SSSR count). The van der Waals surface area contributed by atoms with Crippen LogP contribution in [-0.4, -0.2) is 0 Å². The first kappa shape index (κ1) is 20.7. The summed E-state index contributed by atoms with van der Waals surface area (Å²) in [7, 11) is 0. The van der Waals surface area contributed by atoms with E-state index in [1.54, 1.807) is 5.57 Å². The molecule has 0 nitrogen and oxygen atoms in total. The van der Waals surface area contributed by atoms with Crippen molar-refractivity contribution in [2.24, 2.45) is 52.3 Å². The summed E-state index contributed by atoms with van der Waals surface area (Å²) >= 11 is 0. The lowest BCUT2D eigenvalue weighted by atomic mass is 9.47. The summed E-state index contributed by atoms with van der Waals surface area (Å²) in [5.74, 6) is 6.50. The van der Waals surface area contributed by atoms with Crippen LogP contribution >= 0.6 is 0 Å². The van der Waals surface area contributed by atoms with Crippen LogP contribution < -0.4 is 0 Å². The zero-order valence-electron chi connectivity index (χ0n) is 19.6. The number of rotatable bonds is 5. The van der Waals surface area contributed by atoms with E-state index in [1.165, 1.54) is 57.8 Å². The van der Waals surface area contributed by atoms with Gasteiger partial charge < -0.3 is 0 Å². The lowest BCUT2D eigenvalue weighted by molar-refractivity contribution is -0.0453. The van der Waals surface area contributed by atoms with Crippen LogP contribution in [0.5, 0.6) is 0 Å². The molecule has 0 aromatic rings. The van der Waals surface area contributed by atoms with Crippen LogP contribution in [0.15, 0.2) is 23.8 Å². The molecule has 158 valence electrons. The molecule has 0 aromatic carbocycles. The molecule has 0 N–H and O–H groups in total. The van der Waals surface area contributed by atoms with Gasteiger partial charge in [0.25, 0.3) is 0 Å². The summed E-state index contributed by atoms with van der Waals surface area (Å²) in [4.78, 5) is 0. The average molecular weight is 383 g/mol. The molecule has 0 aliphatic heterocycles. The molecular weight excluding hydrogens is 336 g/mol. The zero-order valence-corrected chi connectivity index (χ0v) is 19.6. The van der Waals surface area contributed by atoms with Crippen molar-refractivity contribution in [3.8, 4) is 0 Å². The fourth-order valence-electron chi connectivity index (χ4n) is 8.33. The minimum Gasteiger partial charge on any atom is -0.0842 e. The highest BCUT2D eigenvalue weighted by Crippen LogP contribution is 2.66. The van der Waals surface area contributed by atoms with Gasteiger partial charge in [0, 0.05) is 0 Å². The van der Waals surface area contributed by atoms with Crippen molar-refractivity contribution in [2.75, 3.05) is 0 Å². The average Bonchev–Trinajstić information content (AvgIpc) is 3.02. The molecular formula is C28H46. The Morgan fingerprint density at radius 1 is 0.964 bits per heavy atom. The highest BCUT2D eigenvalue weighted by atomic mass is 14.6. The van der Waals surface area contributed by atoms with Crippen molar-refractivity contribution in [2.45, 2.75) is 99.3 Å². The minimum atomic E-state index is 0.482. The van der Waals surface area contributed by atoms with Crippen LogP contribution in [0.2, 0.25) is 0 Å². The first-order valence-corrected chi connectivity index (χ1v) is 12.6. The van der Waals surface area contributed by atoms with E-state index in [0.29, 0.717) is 10.8 Å². The standard InChI is InChI=1S/C28H46/c1-19(2)20(3)10-11-21(4)24-14-15-25-23-13-12-22-9-7-8-17-27(22,5)26(23)16-18-28(24,25)6/h7,9,12,19-21,23-26H,8,10-11,13-18H2,1-6H3/t20-,21-,23+,24-,25+,26+,27+,28-/m1/s1. The van der Waals surface area contributed by atoms with Gasteiger partial charge in [-0.15, -0.1) is 0 Å². The van der Waals surface area contributed by atoms with Crippen LogP contribution in [0, 0.1) is 52.3 Å². The lowest BCUT2D eigenvalue weighted by Gasteiger charge is -2.57. The van der Waals surface area contributed by atoms with Crippen LogP contribution in [0.3, 0.4) is 0 Å². The smallest absolute Gasteiger partial charge is 0.00445 e. The Kier molecular flexibility index (Phi) is 5.65. The normalized spacial score (nSPS) is 44.5. The van der Waals surface area contributed by atoms with E-state index in [2.05, 4.69) is 59.8 Å². The number of hydrogen-bond donors (Lipinski definition) is 0. The topological polar surface area (TPSA) is 0 Å². The van der Waals surface area contributed by atoms with Gasteiger partial charge in [-0.2, -0.15) is 0 Å². The maximum Gasteiger partial charge on any atom is -0.00445 e. The largest absolute Gasteiger partial charge is 0.0842 e. The maximum absolute atomic E-state index is 2.72. The quantitative estimate of drug-likeness (QED) is 0.447. The first-order chi connectivity index (χ1) is 13.3. The summed E-state index contributed by atoms with van der Waals surface area (Å²) < 4.78 is 0. The molecule has 4 aliphatic rings. The molecule has 2 fully saturated rings. The summed E-state index contributed by atoms with van der Waals surface area (Å²) in [6.45, 7) is 15.2. The highest BCUT2D eigenvalue weighted by molar-refractivity contribution is 5.34. The van der Waals surface area contributed by atoms with Gasteiger partial charge in [-0.3, -0.25) is 0 Å². The summed E-state index contributed by atoms with van der Waals surface area (Å²) in [6.07, 6.45) is 20.5. The molecule has 28 heavy (non-hydrogen) atoms. The Bertz CT molecular complexity index is 624. The fourth-order valence-corrected chi connectivity index (χ4v) is 8.33. The molecule has 0 radical (unpaired) electrons. The van der Waals surface area contributed by atoms with Gasteiger partial charge >= 0.3 is 0 Å². The van der Waals surface area contributed by atoms with E-state index in [9.17, 15) is 0 Å². The second-order valence-electron chi connectivity index (χ2n) is 12.1. The molecule has 0 heteroatoms. The van der Waals surface area contributed by atoms with E-state index in [1.807, 2.05) is 0 Å². The van der Waals surface area contributed by atoms with Crippen molar-refractivity contribution < 1.29 is 0 Å². The second-order valence-corrected chi connectivity index (χ2v) is 12.1. The fraction of sp³-hybridized carbons (Fsp3) is 0.857. The lowest BCUT2D eigenvalue weighted by Crippen LogP contribution is -2.49. The van der Waals surface area contributed by atoms with Crippen molar-refractivity contribution in [1.29, 1.82) is 0 Å². The van der Waals surface area contributed by atoms with Crippen LogP contribution in [0.4, 0.5) is 0 Å². The molecule has 0 bridgehead atoms. The summed E-state index contributed by atoms with van der Waals surface area (Å²) in [6, 6.07) is 0. The summed E-state index contributed by atoms with van der Waals surface area (Å²) in [5, 5.41) is 0. The SMILES string of the molecule is CC(C)[C@H](C)CC[C@@H](C)[C@H]1CC[C@H]2[C@@H]3CC=C4C=CCC[C@]4(C)[C@H]3CC[C@]12C. The van der Waals surface area contributed by atoms with E-state index in [4.69, 9.17) is 0 Å². The van der Waals surface area contributed by atoms with Gasteiger partial charge in [-0.1, -0.05) is 72.6 Å². The predicted molar refractivity (Wildman–Crippen MR) is 122 cm³/mol. The van der Waals surface area contributed by atoms with Crippen LogP contribution in [-0.2, 0) is 0 Å². The molecule has 4 aliphatic carbocycles. The molecule has 2 saturated carbocycles. The Hall–Kier alpha value is -0.520. The van der Waals surface area contributed by atoms with Crippen molar-refractivity contribution in [3.63, 3.8) is 0 Å². The Labute approximate surface area is 175 Å². The Morgan fingerprint density at radius 3 is 2.50 bits per heavy atom. The van der Waals surface area contributed by atoms with Crippen molar-refractivity contribution in [1.82, 2.24) is 0 Å². The minimum absolute atomic E-state index is 0.482. The third-order valence-electron chi connectivity index (χ3n) is 10.6. The van der Waals surface area contributed by atoms with E-state index in [0.717, 1.165) is 41.4 Å². The Morgan fingerprint density at radius 2 is 1.75 bits per heavy atom. The monoisotopic (exact) mass is 382 g/mol.